The lowest BCUT2D eigenvalue weighted by atomic mass is 9.91. The van der Waals surface area contributed by atoms with Crippen LogP contribution in [0.25, 0.3) is 0 Å². The predicted octanol–water partition coefficient (Wildman–Crippen LogP) is 4.64. The third kappa shape index (κ3) is 8.42. The minimum Gasteiger partial charge on any atom is -0.497 e. The number of anilines is 1. The molecule has 0 radical (unpaired) electrons. The molecule has 3 aromatic carbocycles. The first-order valence-corrected chi connectivity index (χ1v) is 13.7. The summed E-state index contributed by atoms with van der Waals surface area (Å²) in [6.45, 7) is 3.63. The van der Waals surface area contributed by atoms with Crippen molar-refractivity contribution in [2.45, 2.75) is 31.1 Å². The average Bonchev–Trinajstić information content (AvgIpc) is 2.86. The first-order chi connectivity index (χ1) is 17.6. The molecule has 1 aliphatic heterocycles. The van der Waals surface area contributed by atoms with Crippen molar-refractivity contribution in [3.63, 3.8) is 0 Å². The van der Waals surface area contributed by atoms with Crippen LogP contribution in [0.15, 0.2) is 77.7 Å². The molecule has 1 heterocycles. The highest BCUT2D eigenvalue weighted by molar-refractivity contribution is 7.85. The molecule has 0 spiro atoms. The van der Waals surface area contributed by atoms with Gasteiger partial charge in [-0.1, -0.05) is 48.0 Å². The zero-order chi connectivity index (χ0) is 27.0. The Morgan fingerprint density at radius 2 is 1.76 bits per heavy atom. The van der Waals surface area contributed by atoms with Crippen LogP contribution in [0.2, 0.25) is 0 Å². The number of carbonyl (C=O) groups excluding carboxylic acids is 1. The van der Waals surface area contributed by atoms with Crippen molar-refractivity contribution in [3.8, 4) is 5.75 Å². The number of hydrogen-bond acceptors (Lipinski definition) is 5. The van der Waals surface area contributed by atoms with Gasteiger partial charge in [0.05, 0.1) is 12.0 Å². The number of methoxy groups -OCH3 is 1. The molecule has 198 valence electrons. The van der Waals surface area contributed by atoms with E-state index in [1.54, 1.807) is 19.2 Å². The van der Waals surface area contributed by atoms with Crippen LogP contribution in [0, 0.1) is 12.8 Å². The van der Waals surface area contributed by atoms with Crippen molar-refractivity contribution in [1.29, 1.82) is 0 Å². The van der Waals surface area contributed by atoms with Gasteiger partial charge in [-0.25, -0.2) is 0 Å². The number of benzene rings is 3. The van der Waals surface area contributed by atoms with E-state index in [1.807, 2.05) is 36.1 Å². The highest BCUT2D eigenvalue weighted by Gasteiger charge is 2.28. The van der Waals surface area contributed by atoms with E-state index in [2.05, 4.69) is 43.3 Å². The Morgan fingerprint density at radius 1 is 1.05 bits per heavy atom. The number of ether oxygens (including phenoxy) is 1. The van der Waals surface area contributed by atoms with Gasteiger partial charge in [0.25, 0.3) is 10.1 Å². The number of hydrogen-bond donors (Lipinski definition) is 1. The first kappa shape index (κ1) is 28.4. The Kier molecular flexibility index (Phi) is 9.86. The van der Waals surface area contributed by atoms with E-state index in [4.69, 9.17) is 9.29 Å². The SMILES string of the molecule is COc1cccc(CCC(=O)N2CC(CN(C)C)Cc3ccccc32)c1.Cc1ccc(S(=O)(=O)O)cc1. The minimum absolute atomic E-state index is 0.0666. The molecule has 0 fully saturated rings. The third-order valence-electron chi connectivity index (χ3n) is 6.24. The van der Waals surface area contributed by atoms with Crippen LogP contribution < -0.4 is 9.64 Å². The molecule has 0 bridgehead atoms. The molecule has 7 nitrogen and oxygen atoms in total. The highest BCUT2D eigenvalue weighted by Crippen LogP contribution is 2.30. The molecule has 1 aliphatic rings. The lowest BCUT2D eigenvalue weighted by Crippen LogP contribution is -2.43. The van der Waals surface area contributed by atoms with Gasteiger partial charge in [-0.2, -0.15) is 8.42 Å². The van der Waals surface area contributed by atoms with Gasteiger partial charge in [0.15, 0.2) is 0 Å². The Hall–Kier alpha value is -3.20. The molecule has 4 rings (SSSR count). The summed E-state index contributed by atoms with van der Waals surface area (Å²) in [6.07, 6.45) is 2.28. The number of fused-ring (bicyclic) bond motifs is 1. The maximum Gasteiger partial charge on any atom is 0.294 e. The third-order valence-corrected chi connectivity index (χ3v) is 7.10. The van der Waals surface area contributed by atoms with E-state index in [0.717, 1.165) is 48.5 Å². The van der Waals surface area contributed by atoms with E-state index >= 15 is 0 Å². The Labute approximate surface area is 220 Å². The van der Waals surface area contributed by atoms with Gasteiger partial charge < -0.3 is 14.5 Å². The predicted molar refractivity (Wildman–Crippen MR) is 147 cm³/mol. The molecule has 3 aromatic rings. The van der Waals surface area contributed by atoms with Crippen LogP contribution in [0.1, 0.15) is 23.1 Å². The monoisotopic (exact) mass is 524 g/mol. The second-order valence-electron chi connectivity index (χ2n) is 9.61. The van der Waals surface area contributed by atoms with Crippen LogP contribution in [-0.2, 0) is 27.8 Å². The number of nitrogens with zero attached hydrogens (tertiary/aromatic N) is 2. The van der Waals surface area contributed by atoms with Gasteiger partial charge in [-0.15, -0.1) is 0 Å². The molecule has 8 heteroatoms. The molecule has 0 aromatic heterocycles. The summed E-state index contributed by atoms with van der Waals surface area (Å²) in [5.41, 5.74) is 4.45. The number of rotatable bonds is 7. The molecule has 37 heavy (non-hydrogen) atoms. The van der Waals surface area contributed by atoms with Crippen LogP contribution in [0.5, 0.6) is 5.75 Å². The smallest absolute Gasteiger partial charge is 0.294 e. The zero-order valence-electron chi connectivity index (χ0n) is 21.9. The summed E-state index contributed by atoms with van der Waals surface area (Å²) in [6, 6.07) is 22.3. The van der Waals surface area contributed by atoms with Crippen molar-refractivity contribution in [1.82, 2.24) is 4.90 Å². The van der Waals surface area contributed by atoms with Crippen molar-refractivity contribution in [3.05, 3.63) is 89.5 Å². The summed E-state index contributed by atoms with van der Waals surface area (Å²) in [7, 11) is 1.83. The lowest BCUT2D eigenvalue weighted by Gasteiger charge is -2.36. The zero-order valence-corrected chi connectivity index (χ0v) is 22.7. The fraction of sp³-hybridized carbons (Fsp3) is 0.345. The fourth-order valence-electron chi connectivity index (χ4n) is 4.48. The standard InChI is InChI=1S/C22H28N2O2.C7H8O3S/c1-23(2)15-18-13-19-8-4-5-10-21(19)24(16-18)22(25)12-11-17-7-6-9-20(14-17)26-3;1-6-2-4-7(5-3-6)11(8,9)10/h4-10,14,18H,11-13,15-16H2,1-3H3;2-5H,1H3,(H,8,9,10). The number of amides is 1. The maximum atomic E-state index is 13.0. The Morgan fingerprint density at radius 3 is 2.41 bits per heavy atom. The van der Waals surface area contributed by atoms with E-state index in [9.17, 15) is 13.2 Å². The van der Waals surface area contributed by atoms with E-state index in [0.29, 0.717) is 12.3 Å². The summed E-state index contributed by atoms with van der Waals surface area (Å²) < 4.78 is 34.8. The van der Waals surface area contributed by atoms with Crippen LogP contribution in [0.4, 0.5) is 5.69 Å². The van der Waals surface area contributed by atoms with Gasteiger partial charge >= 0.3 is 0 Å². The fourth-order valence-corrected chi connectivity index (χ4v) is 4.96. The second-order valence-corrected chi connectivity index (χ2v) is 11.0. The van der Waals surface area contributed by atoms with Gasteiger partial charge in [0, 0.05) is 25.2 Å². The summed E-state index contributed by atoms with van der Waals surface area (Å²) >= 11 is 0. The molecule has 0 saturated heterocycles. The van der Waals surface area contributed by atoms with Crippen molar-refractivity contribution in [2.24, 2.45) is 5.92 Å². The minimum atomic E-state index is -4.02. The molecule has 0 aliphatic carbocycles. The van der Waals surface area contributed by atoms with Gasteiger partial charge in [-0.05, 0) is 81.2 Å². The Balaban J connectivity index is 0.000000289. The summed E-state index contributed by atoms with van der Waals surface area (Å²) in [4.78, 5) is 17.1. The quantitative estimate of drug-likeness (QED) is 0.453. The number of aryl methyl sites for hydroxylation is 2. The number of carbonyl (C=O) groups is 1. The molecular weight excluding hydrogens is 488 g/mol. The molecule has 1 amide bonds. The van der Waals surface area contributed by atoms with Gasteiger partial charge in [0.2, 0.25) is 5.91 Å². The molecule has 1 unspecified atom stereocenters. The molecule has 1 atom stereocenters. The molecular formula is C29H36N2O5S. The van der Waals surface area contributed by atoms with E-state index < -0.39 is 10.1 Å². The highest BCUT2D eigenvalue weighted by atomic mass is 32.2. The van der Waals surface area contributed by atoms with Gasteiger partial charge in [0.1, 0.15) is 5.75 Å². The Bertz CT molecular complexity index is 1290. The summed E-state index contributed by atoms with van der Waals surface area (Å²) in [5.74, 6) is 1.51. The van der Waals surface area contributed by atoms with E-state index in [-0.39, 0.29) is 10.8 Å². The largest absolute Gasteiger partial charge is 0.497 e. The van der Waals surface area contributed by atoms with Crippen LogP contribution in [0.3, 0.4) is 0 Å². The maximum absolute atomic E-state index is 13.0. The topological polar surface area (TPSA) is 87.2 Å². The van der Waals surface area contributed by atoms with Crippen LogP contribution in [-0.4, -0.2) is 58.1 Å². The van der Waals surface area contributed by atoms with Crippen molar-refractivity contribution in [2.75, 3.05) is 39.2 Å². The second kappa shape index (κ2) is 12.9. The first-order valence-electron chi connectivity index (χ1n) is 12.3. The normalized spacial score (nSPS) is 15.0. The summed E-state index contributed by atoms with van der Waals surface area (Å²) in [5, 5.41) is 0. The van der Waals surface area contributed by atoms with Crippen molar-refractivity contribution < 1.29 is 22.5 Å². The van der Waals surface area contributed by atoms with Crippen LogP contribution >= 0.6 is 0 Å². The average molecular weight is 525 g/mol. The lowest BCUT2D eigenvalue weighted by molar-refractivity contribution is -0.118. The molecule has 0 saturated carbocycles. The number of para-hydroxylation sites is 1. The van der Waals surface area contributed by atoms with Crippen molar-refractivity contribution >= 4 is 21.7 Å². The van der Waals surface area contributed by atoms with E-state index in [1.165, 1.54) is 17.7 Å². The van der Waals surface area contributed by atoms with Gasteiger partial charge in [-0.3, -0.25) is 9.35 Å². The molecule has 1 N–H and O–H groups in total.